The van der Waals surface area contributed by atoms with Crippen molar-refractivity contribution in [1.29, 1.82) is 0 Å². The van der Waals surface area contributed by atoms with Crippen LogP contribution in [0.1, 0.15) is 10.5 Å². The number of aromatic nitrogens is 4. The lowest BCUT2D eigenvalue weighted by atomic mass is 10.1. The summed E-state index contributed by atoms with van der Waals surface area (Å²) in [6.45, 7) is 0. The molecule has 3 aromatic heterocycles. The number of fused-ring (bicyclic) bond motifs is 2. The van der Waals surface area contributed by atoms with Gasteiger partial charge in [0, 0.05) is 27.2 Å². The Labute approximate surface area is 213 Å². The minimum Gasteiger partial charge on any atom is -0.296 e. The van der Waals surface area contributed by atoms with Gasteiger partial charge in [0.25, 0.3) is 5.91 Å². The van der Waals surface area contributed by atoms with Gasteiger partial charge in [-0.05, 0) is 36.4 Å². The Bertz CT molecular complexity index is 1710. The van der Waals surface area contributed by atoms with Gasteiger partial charge in [-0.1, -0.05) is 77.0 Å². The van der Waals surface area contributed by atoms with Crippen LogP contribution in [-0.4, -0.2) is 25.5 Å². The SMILES string of the molecule is O=C(Nc1nc2ccc(Cl)cc2s1)c1cc(-c2ccc(Cl)cc2)n2nc(-c3ccccc3)cc2n1. The summed E-state index contributed by atoms with van der Waals surface area (Å²) in [5.74, 6) is -0.365. The zero-order chi connectivity index (χ0) is 23.9. The summed E-state index contributed by atoms with van der Waals surface area (Å²) in [7, 11) is 0. The third kappa shape index (κ3) is 4.25. The van der Waals surface area contributed by atoms with E-state index in [2.05, 4.69) is 15.3 Å². The minimum atomic E-state index is -0.365. The molecular formula is C26H15Cl2N5OS. The Hall–Kier alpha value is -3.78. The van der Waals surface area contributed by atoms with Crippen LogP contribution in [0.2, 0.25) is 10.0 Å². The van der Waals surface area contributed by atoms with Crippen molar-refractivity contribution in [2.24, 2.45) is 0 Å². The van der Waals surface area contributed by atoms with Gasteiger partial charge in [-0.2, -0.15) is 5.10 Å². The van der Waals surface area contributed by atoms with E-state index >= 15 is 0 Å². The molecule has 0 bridgehead atoms. The molecule has 0 fully saturated rings. The molecule has 9 heteroatoms. The van der Waals surface area contributed by atoms with Crippen molar-refractivity contribution in [3.05, 3.63) is 101 Å². The lowest BCUT2D eigenvalue weighted by molar-refractivity contribution is 0.102. The Morgan fingerprint density at radius 3 is 2.40 bits per heavy atom. The van der Waals surface area contributed by atoms with Crippen LogP contribution in [0.3, 0.4) is 0 Å². The summed E-state index contributed by atoms with van der Waals surface area (Å²) in [6.07, 6.45) is 0. The number of amides is 1. The molecule has 0 atom stereocenters. The van der Waals surface area contributed by atoms with Crippen molar-refractivity contribution in [3.63, 3.8) is 0 Å². The maximum Gasteiger partial charge on any atom is 0.276 e. The first-order chi connectivity index (χ1) is 17.0. The zero-order valence-corrected chi connectivity index (χ0v) is 20.3. The van der Waals surface area contributed by atoms with Crippen molar-refractivity contribution in [1.82, 2.24) is 19.6 Å². The summed E-state index contributed by atoms with van der Waals surface area (Å²) in [4.78, 5) is 22.3. The highest BCUT2D eigenvalue weighted by atomic mass is 35.5. The molecule has 6 nitrogen and oxygen atoms in total. The highest BCUT2D eigenvalue weighted by molar-refractivity contribution is 7.22. The predicted octanol–water partition coefficient (Wildman–Crippen LogP) is 7.23. The van der Waals surface area contributed by atoms with Crippen molar-refractivity contribution < 1.29 is 4.79 Å². The molecular weight excluding hydrogens is 501 g/mol. The van der Waals surface area contributed by atoms with Crippen molar-refractivity contribution in [3.8, 4) is 22.5 Å². The molecule has 0 saturated heterocycles. The second-order valence-corrected chi connectivity index (χ2v) is 9.69. The van der Waals surface area contributed by atoms with Gasteiger partial charge in [-0.25, -0.2) is 14.5 Å². The van der Waals surface area contributed by atoms with Crippen LogP contribution in [0.25, 0.3) is 38.4 Å². The van der Waals surface area contributed by atoms with Gasteiger partial charge in [0.15, 0.2) is 10.8 Å². The molecule has 0 aliphatic rings. The molecule has 35 heavy (non-hydrogen) atoms. The maximum absolute atomic E-state index is 13.2. The van der Waals surface area contributed by atoms with E-state index in [0.717, 1.165) is 32.7 Å². The van der Waals surface area contributed by atoms with Crippen molar-refractivity contribution >= 4 is 61.4 Å². The smallest absolute Gasteiger partial charge is 0.276 e. The van der Waals surface area contributed by atoms with E-state index in [1.54, 1.807) is 28.8 Å². The number of carbonyl (C=O) groups is 1. The van der Waals surface area contributed by atoms with E-state index in [9.17, 15) is 4.79 Å². The fourth-order valence-electron chi connectivity index (χ4n) is 3.78. The van der Waals surface area contributed by atoms with Crippen molar-refractivity contribution in [2.45, 2.75) is 0 Å². The number of rotatable bonds is 4. The van der Waals surface area contributed by atoms with Gasteiger partial charge in [0.05, 0.1) is 21.6 Å². The van der Waals surface area contributed by atoms with Crippen LogP contribution in [-0.2, 0) is 0 Å². The summed E-state index contributed by atoms with van der Waals surface area (Å²) < 4.78 is 2.63. The molecule has 0 unspecified atom stereocenters. The van der Waals surface area contributed by atoms with Crippen LogP contribution < -0.4 is 5.32 Å². The Balaban J connectivity index is 1.44. The predicted molar refractivity (Wildman–Crippen MR) is 141 cm³/mol. The lowest BCUT2D eigenvalue weighted by Crippen LogP contribution is -2.15. The van der Waals surface area contributed by atoms with Crippen LogP contribution in [0.15, 0.2) is 84.9 Å². The fourth-order valence-corrected chi connectivity index (χ4v) is 5.04. The second-order valence-electron chi connectivity index (χ2n) is 7.78. The Morgan fingerprint density at radius 2 is 1.60 bits per heavy atom. The number of nitrogens with one attached hydrogen (secondary N) is 1. The maximum atomic E-state index is 13.2. The van der Waals surface area contributed by atoms with Gasteiger partial charge >= 0.3 is 0 Å². The summed E-state index contributed by atoms with van der Waals surface area (Å²) in [5.41, 5.74) is 4.86. The number of hydrogen-bond donors (Lipinski definition) is 1. The summed E-state index contributed by atoms with van der Waals surface area (Å²) in [5, 5.41) is 9.36. The molecule has 0 aliphatic carbocycles. The zero-order valence-electron chi connectivity index (χ0n) is 17.9. The molecule has 1 amide bonds. The third-order valence-electron chi connectivity index (χ3n) is 5.44. The van der Waals surface area contributed by atoms with Gasteiger partial charge < -0.3 is 0 Å². The van der Waals surface area contributed by atoms with Gasteiger partial charge in [-0.3, -0.25) is 10.1 Å². The average Bonchev–Trinajstić information content (AvgIpc) is 3.48. The Morgan fingerprint density at radius 1 is 0.829 bits per heavy atom. The molecule has 0 radical (unpaired) electrons. The summed E-state index contributed by atoms with van der Waals surface area (Å²) in [6, 6.07) is 26.2. The molecule has 3 heterocycles. The normalized spacial score (nSPS) is 11.3. The number of anilines is 1. The lowest BCUT2D eigenvalue weighted by Gasteiger charge is -2.08. The number of benzene rings is 3. The van der Waals surface area contributed by atoms with E-state index < -0.39 is 0 Å². The van der Waals surface area contributed by atoms with Crippen LogP contribution >= 0.6 is 34.5 Å². The fraction of sp³-hybridized carbons (Fsp3) is 0. The molecule has 0 spiro atoms. The second kappa shape index (κ2) is 8.78. The Kier molecular flexibility index (Phi) is 5.45. The first-order valence-corrected chi connectivity index (χ1v) is 12.2. The van der Waals surface area contributed by atoms with E-state index in [1.165, 1.54) is 11.3 Å². The number of halogens is 2. The molecule has 3 aromatic carbocycles. The van der Waals surface area contributed by atoms with E-state index in [0.29, 0.717) is 20.8 Å². The molecule has 0 aliphatic heterocycles. The molecule has 6 aromatic rings. The highest BCUT2D eigenvalue weighted by Crippen LogP contribution is 2.30. The first-order valence-electron chi connectivity index (χ1n) is 10.6. The van der Waals surface area contributed by atoms with Gasteiger partial charge in [0.2, 0.25) is 0 Å². The molecule has 0 saturated carbocycles. The number of hydrogen-bond acceptors (Lipinski definition) is 5. The standard InChI is InChI=1S/C26H15Cl2N5OS/c27-17-8-6-16(7-9-17)22-13-21(25(34)31-26-30-19-11-10-18(28)12-23(19)35-26)29-24-14-20(32-33(22)24)15-4-2-1-3-5-15/h1-14H,(H,30,31,34). The molecule has 6 rings (SSSR count). The van der Waals surface area contributed by atoms with Gasteiger partial charge in [-0.15, -0.1) is 0 Å². The van der Waals surface area contributed by atoms with E-state index in [1.807, 2.05) is 60.7 Å². The molecule has 1 N–H and O–H groups in total. The van der Waals surface area contributed by atoms with Gasteiger partial charge in [0.1, 0.15) is 5.69 Å². The number of nitrogens with zero attached hydrogens (tertiary/aromatic N) is 4. The topological polar surface area (TPSA) is 72.2 Å². The van der Waals surface area contributed by atoms with Crippen LogP contribution in [0.5, 0.6) is 0 Å². The quantitative estimate of drug-likeness (QED) is 0.268. The molecule has 170 valence electrons. The highest BCUT2D eigenvalue weighted by Gasteiger charge is 2.18. The third-order valence-corrected chi connectivity index (χ3v) is 6.86. The number of carbonyl (C=O) groups excluding carboxylic acids is 1. The van der Waals surface area contributed by atoms with Crippen molar-refractivity contribution in [2.75, 3.05) is 5.32 Å². The van der Waals surface area contributed by atoms with E-state index in [-0.39, 0.29) is 11.6 Å². The minimum absolute atomic E-state index is 0.249. The average molecular weight is 516 g/mol. The largest absolute Gasteiger partial charge is 0.296 e. The monoisotopic (exact) mass is 515 g/mol. The first kappa shape index (κ1) is 21.7. The van der Waals surface area contributed by atoms with Crippen LogP contribution in [0.4, 0.5) is 5.13 Å². The van der Waals surface area contributed by atoms with E-state index in [4.69, 9.17) is 28.3 Å². The summed E-state index contributed by atoms with van der Waals surface area (Å²) >= 11 is 13.5. The van der Waals surface area contributed by atoms with Crippen LogP contribution in [0, 0.1) is 0 Å². The number of thiazole rings is 1.